The van der Waals surface area contributed by atoms with Crippen molar-refractivity contribution < 1.29 is 4.79 Å². The van der Waals surface area contributed by atoms with E-state index < -0.39 is 0 Å². The first-order valence-electron chi connectivity index (χ1n) is 7.84. The van der Waals surface area contributed by atoms with Gasteiger partial charge in [0.1, 0.15) is 0 Å². The Balaban J connectivity index is 1.94. The number of rotatable bonds is 4. The third-order valence-corrected chi connectivity index (χ3v) is 5.82. The highest BCUT2D eigenvalue weighted by Crippen LogP contribution is 2.38. The van der Waals surface area contributed by atoms with Crippen LogP contribution in [0.3, 0.4) is 0 Å². The average Bonchev–Trinajstić information content (AvgIpc) is 2.44. The molecule has 0 saturated carbocycles. The fourth-order valence-electron chi connectivity index (χ4n) is 3.37. The lowest BCUT2D eigenvalue weighted by atomic mass is 9.80. The molecule has 2 rings (SSSR count). The van der Waals surface area contributed by atoms with Gasteiger partial charge in [-0.25, -0.2) is 0 Å². The van der Waals surface area contributed by atoms with Crippen LogP contribution >= 0.6 is 11.8 Å². The van der Waals surface area contributed by atoms with E-state index in [4.69, 9.17) is 5.73 Å². The summed E-state index contributed by atoms with van der Waals surface area (Å²) in [6.07, 6.45) is 3.44. The van der Waals surface area contributed by atoms with E-state index in [9.17, 15) is 4.79 Å². The van der Waals surface area contributed by atoms with E-state index in [0.29, 0.717) is 24.5 Å². The van der Waals surface area contributed by atoms with Crippen molar-refractivity contribution in [2.24, 2.45) is 17.1 Å². The largest absolute Gasteiger partial charge is 0.355 e. The molecule has 0 aromatic rings. The normalized spacial score (nSPS) is 30.9. The number of nitrogens with zero attached hydrogens (tertiary/aromatic N) is 1. The molecule has 3 N–H and O–H groups in total. The van der Waals surface area contributed by atoms with E-state index in [2.05, 4.69) is 35.8 Å². The van der Waals surface area contributed by atoms with Gasteiger partial charge in [0.15, 0.2) is 0 Å². The van der Waals surface area contributed by atoms with Crippen molar-refractivity contribution in [3.63, 3.8) is 0 Å². The molecule has 20 heavy (non-hydrogen) atoms. The molecule has 0 spiro atoms. The highest BCUT2D eigenvalue weighted by Gasteiger charge is 2.39. The molecule has 2 saturated heterocycles. The Kier molecular flexibility index (Phi) is 5.75. The van der Waals surface area contributed by atoms with E-state index in [1.165, 1.54) is 17.9 Å². The first-order chi connectivity index (χ1) is 9.54. The van der Waals surface area contributed by atoms with Crippen LogP contribution in [0.25, 0.3) is 0 Å². The fraction of sp³-hybridized carbons (Fsp3) is 0.933. The van der Waals surface area contributed by atoms with Gasteiger partial charge in [0.25, 0.3) is 0 Å². The summed E-state index contributed by atoms with van der Waals surface area (Å²) in [5, 5.41) is 2.95. The lowest BCUT2D eigenvalue weighted by molar-refractivity contribution is -0.127. The number of thioether (sulfide) groups is 1. The van der Waals surface area contributed by atoms with Crippen molar-refractivity contribution in [3.05, 3.63) is 0 Å². The van der Waals surface area contributed by atoms with E-state index in [1.807, 2.05) is 0 Å². The van der Waals surface area contributed by atoms with E-state index in [0.717, 1.165) is 25.9 Å². The van der Waals surface area contributed by atoms with Crippen LogP contribution in [0.15, 0.2) is 0 Å². The molecule has 2 aliphatic rings. The Hall–Kier alpha value is -0.260. The molecule has 5 heteroatoms. The number of amides is 1. The summed E-state index contributed by atoms with van der Waals surface area (Å²) >= 11 is 2.06. The van der Waals surface area contributed by atoms with Gasteiger partial charge in [0.2, 0.25) is 5.91 Å². The zero-order valence-corrected chi connectivity index (χ0v) is 13.7. The summed E-state index contributed by atoms with van der Waals surface area (Å²) in [7, 11) is 0. The third-order valence-electron chi connectivity index (χ3n) is 4.78. The van der Waals surface area contributed by atoms with Crippen LogP contribution in [-0.4, -0.2) is 54.5 Å². The lowest BCUT2D eigenvalue weighted by Crippen LogP contribution is -2.54. The maximum absolute atomic E-state index is 12.1. The molecule has 2 fully saturated rings. The van der Waals surface area contributed by atoms with Gasteiger partial charge in [-0.15, -0.1) is 0 Å². The smallest absolute Gasteiger partial charge is 0.224 e. The van der Waals surface area contributed by atoms with Crippen LogP contribution in [0.4, 0.5) is 0 Å². The molecule has 2 heterocycles. The molecule has 1 amide bonds. The minimum absolute atomic E-state index is 0.151. The van der Waals surface area contributed by atoms with Crippen molar-refractivity contribution >= 4 is 17.7 Å². The molecule has 0 aromatic heterocycles. The van der Waals surface area contributed by atoms with Gasteiger partial charge in [-0.2, -0.15) is 11.8 Å². The Bertz CT molecular complexity index is 335. The number of carbonyl (C=O) groups is 1. The summed E-state index contributed by atoms with van der Waals surface area (Å²) in [5.74, 6) is 2.83. The first kappa shape index (κ1) is 16.1. The monoisotopic (exact) mass is 299 g/mol. The Morgan fingerprint density at radius 1 is 1.50 bits per heavy atom. The van der Waals surface area contributed by atoms with Crippen molar-refractivity contribution in [3.8, 4) is 0 Å². The lowest BCUT2D eigenvalue weighted by Gasteiger charge is -2.47. The van der Waals surface area contributed by atoms with Crippen LogP contribution < -0.4 is 11.1 Å². The van der Waals surface area contributed by atoms with E-state index in [1.54, 1.807) is 0 Å². The van der Waals surface area contributed by atoms with E-state index >= 15 is 0 Å². The maximum atomic E-state index is 12.1. The molecule has 2 unspecified atom stereocenters. The number of nitrogens with one attached hydrogen (secondary N) is 1. The molecule has 2 aliphatic heterocycles. The topological polar surface area (TPSA) is 58.4 Å². The van der Waals surface area contributed by atoms with Crippen LogP contribution in [0, 0.1) is 11.3 Å². The van der Waals surface area contributed by atoms with Gasteiger partial charge in [-0.3, -0.25) is 9.69 Å². The number of nitrogens with two attached hydrogens (primary N) is 1. The molecule has 116 valence electrons. The molecular formula is C15H29N3OS. The molecule has 0 aromatic carbocycles. The highest BCUT2D eigenvalue weighted by atomic mass is 32.2. The maximum Gasteiger partial charge on any atom is 0.224 e. The van der Waals surface area contributed by atoms with Crippen LogP contribution in [0.2, 0.25) is 0 Å². The summed E-state index contributed by atoms with van der Waals surface area (Å²) in [5.41, 5.74) is 5.83. The molecular weight excluding hydrogens is 270 g/mol. The van der Waals surface area contributed by atoms with Gasteiger partial charge in [0.05, 0.1) is 5.92 Å². The summed E-state index contributed by atoms with van der Waals surface area (Å²) in [6, 6.07) is 0.617. The van der Waals surface area contributed by atoms with Crippen molar-refractivity contribution in [2.45, 2.75) is 39.2 Å². The predicted octanol–water partition coefficient (Wildman–Crippen LogP) is 1.31. The van der Waals surface area contributed by atoms with Crippen LogP contribution in [0.1, 0.15) is 33.1 Å². The van der Waals surface area contributed by atoms with Gasteiger partial charge in [0, 0.05) is 31.4 Å². The van der Waals surface area contributed by atoms with Gasteiger partial charge < -0.3 is 11.1 Å². The number of hydrogen-bond acceptors (Lipinski definition) is 4. The predicted molar refractivity (Wildman–Crippen MR) is 85.9 cm³/mol. The zero-order chi connectivity index (χ0) is 14.6. The van der Waals surface area contributed by atoms with Crippen molar-refractivity contribution in [1.82, 2.24) is 10.2 Å². The number of carbonyl (C=O) groups excluding carboxylic acids is 1. The minimum atomic E-state index is 0.151. The molecule has 2 atom stereocenters. The number of piperidine rings is 1. The van der Waals surface area contributed by atoms with Gasteiger partial charge >= 0.3 is 0 Å². The number of likely N-dealkylation sites (tertiary alicyclic amines) is 1. The summed E-state index contributed by atoms with van der Waals surface area (Å²) < 4.78 is 0. The fourth-order valence-corrected chi connectivity index (χ4v) is 5.09. The summed E-state index contributed by atoms with van der Waals surface area (Å²) in [4.78, 5) is 14.7. The first-order valence-corrected chi connectivity index (χ1v) is 8.99. The quantitative estimate of drug-likeness (QED) is 0.822. The Morgan fingerprint density at radius 3 is 3.00 bits per heavy atom. The van der Waals surface area contributed by atoms with Crippen LogP contribution in [-0.2, 0) is 4.79 Å². The number of hydrogen-bond donors (Lipinski definition) is 2. The second kappa shape index (κ2) is 7.14. The van der Waals surface area contributed by atoms with Crippen molar-refractivity contribution in [2.75, 3.05) is 37.7 Å². The zero-order valence-electron chi connectivity index (χ0n) is 12.9. The Morgan fingerprint density at radius 2 is 2.30 bits per heavy atom. The van der Waals surface area contributed by atoms with Crippen LogP contribution in [0.5, 0.6) is 0 Å². The average molecular weight is 299 g/mol. The third kappa shape index (κ3) is 3.89. The van der Waals surface area contributed by atoms with Gasteiger partial charge in [-0.05, 0) is 37.0 Å². The summed E-state index contributed by atoms with van der Waals surface area (Å²) in [6.45, 7) is 7.96. The standard InChI is InChI=1S/C15H29N3OS/c1-15(2)5-9-20-11-13(15)18-8-3-4-12(10-18)14(19)17-7-6-16/h12-13H,3-11,16H2,1-2H3,(H,17,19). The SMILES string of the molecule is CC1(C)CCSCC1N1CCCC(C(=O)NCCN)C1. The second-order valence-electron chi connectivity index (χ2n) is 6.74. The highest BCUT2D eigenvalue weighted by molar-refractivity contribution is 7.99. The van der Waals surface area contributed by atoms with E-state index in [-0.39, 0.29) is 11.8 Å². The van der Waals surface area contributed by atoms with Gasteiger partial charge in [-0.1, -0.05) is 13.8 Å². The minimum Gasteiger partial charge on any atom is -0.355 e. The molecule has 0 bridgehead atoms. The molecule has 4 nitrogen and oxygen atoms in total. The second-order valence-corrected chi connectivity index (χ2v) is 7.89. The molecule has 0 aliphatic carbocycles. The Labute approximate surface area is 127 Å². The molecule has 0 radical (unpaired) electrons. The van der Waals surface area contributed by atoms with Crippen molar-refractivity contribution in [1.29, 1.82) is 0 Å².